The van der Waals surface area contributed by atoms with Crippen LogP contribution < -0.4 is 5.32 Å². The van der Waals surface area contributed by atoms with E-state index in [0.29, 0.717) is 10.3 Å². The van der Waals surface area contributed by atoms with Crippen molar-refractivity contribution in [3.63, 3.8) is 0 Å². The summed E-state index contributed by atoms with van der Waals surface area (Å²) in [6.07, 6.45) is 7.35. The van der Waals surface area contributed by atoms with E-state index >= 15 is 0 Å². The molecule has 0 aromatic carbocycles. The maximum Gasteiger partial charge on any atom is 0.159 e. The van der Waals surface area contributed by atoms with Crippen LogP contribution in [0.4, 0.5) is 4.48 Å². The zero-order valence-electron chi connectivity index (χ0n) is 9.82. The molecule has 1 aromatic heterocycles. The SMILES string of the molecule is Fn1cnc(C23CC(C4CCNCC4)(C2)C3)n1. The van der Waals surface area contributed by atoms with Crippen LogP contribution in [0.1, 0.15) is 37.9 Å². The van der Waals surface area contributed by atoms with Crippen LogP contribution in [0, 0.1) is 11.3 Å². The van der Waals surface area contributed by atoms with E-state index in [2.05, 4.69) is 15.4 Å². The fourth-order valence-electron chi connectivity index (χ4n) is 4.46. The molecule has 92 valence electrons. The summed E-state index contributed by atoms with van der Waals surface area (Å²) in [7, 11) is 0. The van der Waals surface area contributed by atoms with Crippen LogP contribution in [0.5, 0.6) is 0 Å². The van der Waals surface area contributed by atoms with E-state index in [-0.39, 0.29) is 5.41 Å². The molecule has 1 aliphatic heterocycles. The van der Waals surface area contributed by atoms with Gasteiger partial charge in [0.1, 0.15) is 6.33 Å². The van der Waals surface area contributed by atoms with E-state index < -0.39 is 0 Å². The lowest BCUT2D eigenvalue weighted by Gasteiger charge is -2.72. The normalized spacial score (nSPS) is 40.8. The lowest BCUT2D eigenvalue weighted by Crippen LogP contribution is -2.68. The second kappa shape index (κ2) is 3.07. The summed E-state index contributed by atoms with van der Waals surface area (Å²) in [6.45, 7) is 2.33. The van der Waals surface area contributed by atoms with Gasteiger partial charge in [-0.1, -0.05) is 9.39 Å². The molecule has 0 unspecified atom stereocenters. The van der Waals surface area contributed by atoms with Crippen LogP contribution in [0.25, 0.3) is 0 Å². The zero-order chi connectivity index (χ0) is 11.5. The van der Waals surface area contributed by atoms with Crippen molar-refractivity contribution in [1.29, 1.82) is 0 Å². The number of piperidine rings is 1. The van der Waals surface area contributed by atoms with Crippen molar-refractivity contribution in [2.75, 3.05) is 13.1 Å². The fraction of sp³-hybridized carbons (Fsp3) is 0.833. The highest BCUT2D eigenvalue weighted by atomic mass is 19.2. The number of halogens is 1. The molecule has 5 heteroatoms. The van der Waals surface area contributed by atoms with Crippen molar-refractivity contribution in [2.24, 2.45) is 11.3 Å². The van der Waals surface area contributed by atoms with Gasteiger partial charge in [-0.05, 0) is 56.5 Å². The fourth-order valence-corrected chi connectivity index (χ4v) is 4.46. The van der Waals surface area contributed by atoms with Gasteiger partial charge >= 0.3 is 0 Å². The Hall–Kier alpha value is -0.970. The summed E-state index contributed by atoms with van der Waals surface area (Å²) in [6, 6.07) is 0. The van der Waals surface area contributed by atoms with Gasteiger partial charge in [-0.3, -0.25) is 0 Å². The summed E-state index contributed by atoms with van der Waals surface area (Å²) in [5.41, 5.74) is 0.700. The largest absolute Gasteiger partial charge is 0.317 e. The molecule has 0 atom stereocenters. The first-order valence-electron chi connectivity index (χ1n) is 6.52. The molecular weight excluding hydrogens is 219 g/mol. The lowest BCUT2D eigenvalue weighted by molar-refractivity contribution is -0.190. The minimum Gasteiger partial charge on any atom is -0.317 e. The summed E-state index contributed by atoms with van der Waals surface area (Å²) in [5.74, 6) is 1.61. The first-order chi connectivity index (χ1) is 8.23. The Morgan fingerprint density at radius 3 is 2.59 bits per heavy atom. The molecule has 17 heavy (non-hydrogen) atoms. The molecule has 1 saturated heterocycles. The third-order valence-electron chi connectivity index (χ3n) is 5.22. The van der Waals surface area contributed by atoms with Crippen LogP contribution in [0.2, 0.25) is 0 Å². The summed E-state index contributed by atoms with van der Waals surface area (Å²) in [5, 5.41) is 7.26. The smallest absolute Gasteiger partial charge is 0.159 e. The zero-order valence-corrected chi connectivity index (χ0v) is 9.82. The molecule has 4 nitrogen and oxygen atoms in total. The average Bonchev–Trinajstić information content (AvgIpc) is 2.63. The van der Waals surface area contributed by atoms with Crippen molar-refractivity contribution in [3.8, 4) is 0 Å². The van der Waals surface area contributed by atoms with Crippen molar-refractivity contribution in [2.45, 2.75) is 37.5 Å². The second-order valence-corrected chi connectivity index (χ2v) is 6.15. The minimum atomic E-state index is 0.141. The van der Waals surface area contributed by atoms with Gasteiger partial charge in [0.05, 0.1) is 0 Å². The Bertz CT molecular complexity index is 429. The van der Waals surface area contributed by atoms with Crippen LogP contribution in [0.3, 0.4) is 0 Å². The van der Waals surface area contributed by atoms with Gasteiger partial charge in [0.15, 0.2) is 5.82 Å². The quantitative estimate of drug-likeness (QED) is 0.844. The standard InChI is InChI=1S/C12H17FN4/c13-17-8-15-10(16-17)12-5-11(6-12,7-12)9-1-3-14-4-2-9/h8-9,14H,1-7H2. The molecular formula is C12H17FN4. The summed E-state index contributed by atoms with van der Waals surface area (Å²) >= 11 is 0. The van der Waals surface area contributed by atoms with Crippen molar-refractivity contribution in [3.05, 3.63) is 12.2 Å². The van der Waals surface area contributed by atoms with Crippen LogP contribution in [-0.4, -0.2) is 28.1 Å². The van der Waals surface area contributed by atoms with Crippen LogP contribution in [0.15, 0.2) is 6.33 Å². The Morgan fingerprint density at radius 1 is 1.29 bits per heavy atom. The number of hydrogen-bond donors (Lipinski definition) is 1. The molecule has 5 rings (SSSR count). The number of hydrogen-bond acceptors (Lipinski definition) is 3. The highest BCUT2D eigenvalue weighted by Crippen LogP contribution is 2.76. The average molecular weight is 236 g/mol. The Morgan fingerprint density at radius 2 is 2.00 bits per heavy atom. The van der Waals surface area contributed by atoms with Gasteiger partial charge in [0, 0.05) is 5.41 Å². The Kier molecular flexibility index (Phi) is 1.81. The van der Waals surface area contributed by atoms with Crippen LogP contribution in [-0.2, 0) is 5.41 Å². The monoisotopic (exact) mass is 236 g/mol. The topological polar surface area (TPSA) is 42.7 Å². The molecule has 0 radical (unpaired) electrons. The van der Waals surface area contributed by atoms with Gasteiger partial charge in [-0.15, -0.1) is 5.10 Å². The van der Waals surface area contributed by atoms with Gasteiger partial charge < -0.3 is 5.32 Å². The lowest BCUT2D eigenvalue weighted by atomic mass is 9.31. The third kappa shape index (κ3) is 1.20. The second-order valence-electron chi connectivity index (χ2n) is 6.15. The molecule has 2 heterocycles. The van der Waals surface area contributed by atoms with Crippen molar-refractivity contribution < 1.29 is 4.48 Å². The number of aromatic nitrogens is 3. The highest BCUT2D eigenvalue weighted by Gasteiger charge is 2.72. The van der Waals surface area contributed by atoms with Gasteiger partial charge in [0.25, 0.3) is 0 Å². The maximum atomic E-state index is 12.8. The van der Waals surface area contributed by atoms with Gasteiger partial charge in [-0.2, -0.15) is 0 Å². The third-order valence-corrected chi connectivity index (χ3v) is 5.22. The number of nitrogens with zero attached hydrogens (tertiary/aromatic N) is 3. The number of nitrogens with one attached hydrogen (secondary N) is 1. The molecule has 3 saturated carbocycles. The molecule has 1 N–H and O–H groups in total. The molecule has 0 amide bonds. The van der Waals surface area contributed by atoms with Gasteiger partial charge in [-0.25, -0.2) is 4.98 Å². The molecule has 3 aliphatic carbocycles. The number of rotatable bonds is 2. The summed E-state index contributed by atoms with van der Waals surface area (Å²) < 4.78 is 12.8. The van der Waals surface area contributed by atoms with E-state index in [0.717, 1.165) is 24.8 Å². The Balaban J connectivity index is 1.49. The molecule has 4 aliphatic rings. The summed E-state index contributed by atoms with van der Waals surface area (Å²) in [4.78, 5) is 4.43. The first kappa shape index (κ1) is 10.00. The Labute approximate surface area is 99.5 Å². The first-order valence-corrected chi connectivity index (χ1v) is 6.52. The van der Waals surface area contributed by atoms with Gasteiger partial charge in [0.2, 0.25) is 0 Å². The minimum absolute atomic E-state index is 0.141. The molecule has 2 bridgehead atoms. The van der Waals surface area contributed by atoms with Crippen LogP contribution >= 0.6 is 0 Å². The van der Waals surface area contributed by atoms with E-state index in [1.165, 1.54) is 38.4 Å². The van der Waals surface area contributed by atoms with E-state index in [1.54, 1.807) is 0 Å². The van der Waals surface area contributed by atoms with Crippen molar-refractivity contribution in [1.82, 2.24) is 20.3 Å². The van der Waals surface area contributed by atoms with Crippen molar-refractivity contribution >= 4 is 0 Å². The maximum absolute atomic E-state index is 12.8. The van der Waals surface area contributed by atoms with E-state index in [1.807, 2.05) is 0 Å². The predicted molar refractivity (Wildman–Crippen MR) is 60.1 cm³/mol. The highest BCUT2D eigenvalue weighted by molar-refractivity contribution is 5.31. The predicted octanol–water partition coefficient (Wildman–Crippen LogP) is 1.43. The molecule has 0 spiro atoms. The van der Waals surface area contributed by atoms with E-state index in [4.69, 9.17) is 0 Å². The van der Waals surface area contributed by atoms with E-state index in [9.17, 15) is 4.48 Å². The molecule has 4 fully saturated rings. The molecule has 1 aromatic rings.